The molecule has 10 aromatic rings. The molecule has 3 nitrogen and oxygen atoms in total. The third-order valence-electron chi connectivity index (χ3n) is 8.51. The molecule has 0 aliphatic rings. The first-order chi connectivity index (χ1) is 18.8. The van der Waals surface area contributed by atoms with Gasteiger partial charge in [0, 0.05) is 43.1 Å². The lowest BCUT2D eigenvalue weighted by molar-refractivity contribution is 0.672. The van der Waals surface area contributed by atoms with Gasteiger partial charge in [0.1, 0.15) is 11.1 Å². The van der Waals surface area contributed by atoms with Crippen LogP contribution in [0, 0.1) is 0 Å². The molecule has 0 saturated heterocycles. The average Bonchev–Trinajstić information content (AvgIpc) is 3.56. The molecule has 0 fully saturated rings. The molecule has 4 heterocycles. The molecule has 0 unspecified atom stereocenters. The third kappa shape index (κ3) is 2.12. The van der Waals surface area contributed by atoms with E-state index in [0.29, 0.717) is 0 Å². The Bertz CT molecular complexity index is 2630. The highest BCUT2D eigenvalue weighted by molar-refractivity contribution is 14.1. The minimum absolute atomic E-state index is 0.924. The summed E-state index contributed by atoms with van der Waals surface area (Å²) in [4.78, 5) is 0. The van der Waals surface area contributed by atoms with Crippen molar-refractivity contribution in [3.05, 3.63) is 103 Å². The van der Waals surface area contributed by atoms with E-state index in [1.54, 1.807) is 0 Å². The molecule has 0 bridgehead atoms. The van der Waals surface area contributed by atoms with Gasteiger partial charge < -0.3 is 8.82 Å². The molecule has 0 saturated carbocycles. The fourth-order valence-corrected chi connectivity index (χ4v) is 7.89. The van der Waals surface area contributed by atoms with Crippen LogP contribution in [0.25, 0.3) is 92.6 Å². The second-order valence-electron chi connectivity index (χ2n) is 10.3. The highest BCUT2D eigenvalue weighted by Crippen LogP contribution is 2.49. The number of furan rings is 1. The van der Waals surface area contributed by atoms with E-state index in [4.69, 9.17) is 4.42 Å². The Morgan fingerprint density at radius 2 is 1.24 bits per heavy atom. The molecular weight excluding hydrogens is 579 g/mol. The van der Waals surface area contributed by atoms with E-state index >= 15 is 0 Å². The van der Waals surface area contributed by atoms with Crippen LogP contribution in [0.5, 0.6) is 0 Å². The van der Waals surface area contributed by atoms with Gasteiger partial charge in [-0.2, -0.15) is 0 Å². The maximum Gasteiger partial charge on any atom is 0.160 e. The molecule has 0 aliphatic carbocycles. The minimum Gasteiger partial charge on any atom is -0.454 e. The van der Waals surface area contributed by atoms with Crippen LogP contribution in [0.1, 0.15) is 0 Å². The molecule has 6 aromatic carbocycles. The van der Waals surface area contributed by atoms with Gasteiger partial charge in [0.15, 0.2) is 5.58 Å². The van der Waals surface area contributed by atoms with E-state index in [-0.39, 0.29) is 0 Å². The molecule has 4 aromatic heterocycles. The second-order valence-corrected chi connectivity index (χ2v) is 11.3. The van der Waals surface area contributed by atoms with Crippen molar-refractivity contribution in [2.75, 3.05) is 0 Å². The lowest BCUT2D eigenvalue weighted by atomic mass is 9.97. The Morgan fingerprint density at radius 1 is 0.500 bits per heavy atom. The lowest BCUT2D eigenvalue weighted by Gasteiger charge is -2.06. The smallest absolute Gasteiger partial charge is 0.160 e. The molecule has 0 atom stereocenters. The highest BCUT2D eigenvalue weighted by atomic mass is 127. The predicted octanol–water partition coefficient (Wildman–Crippen LogP) is 10.2. The van der Waals surface area contributed by atoms with Crippen LogP contribution in [0.2, 0.25) is 0 Å². The van der Waals surface area contributed by atoms with Gasteiger partial charge >= 0.3 is 0 Å². The van der Waals surface area contributed by atoms with Gasteiger partial charge in [0.05, 0.1) is 44.9 Å². The summed E-state index contributed by atoms with van der Waals surface area (Å²) in [5.74, 6) is 0. The maximum atomic E-state index is 6.62. The van der Waals surface area contributed by atoms with Gasteiger partial charge in [0.25, 0.3) is 0 Å². The summed E-state index contributed by atoms with van der Waals surface area (Å²) in [6.45, 7) is 0. The van der Waals surface area contributed by atoms with Crippen molar-refractivity contribution >= 4 is 115 Å². The van der Waals surface area contributed by atoms with Crippen molar-refractivity contribution in [2.24, 2.45) is 0 Å². The summed E-state index contributed by atoms with van der Waals surface area (Å²) in [5, 5.41) is 12.5. The molecule has 176 valence electrons. The molecule has 10 rings (SSSR count). The fourth-order valence-electron chi connectivity index (χ4n) is 7.05. The van der Waals surface area contributed by atoms with Crippen molar-refractivity contribution < 1.29 is 4.42 Å². The Kier molecular flexibility index (Phi) is 3.42. The van der Waals surface area contributed by atoms with Crippen LogP contribution in [0.4, 0.5) is 0 Å². The van der Waals surface area contributed by atoms with Crippen LogP contribution in [-0.4, -0.2) is 7.18 Å². The Morgan fingerprint density at radius 3 is 2.16 bits per heavy atom. The topological polar surface area (TPSA) is 22.5 Å². The largest absolute Gasteiger partial charge is 0.454 e. The van der Waals surface area contributed by atoms with Crippen molar-refractivity contribution in [3.63, 3.8) is 0 Å². The first-order valence-corrected chi connectivity index (χ1v) is 13.8. The van der Waals surface area contributed by atoms with E-state index in [9.17, 15) is 0 Å². The molecule has 0 aliphatic heterocycles. The maximum absolute atomic E-state index is 6.62. The summed E-state index contributed by atoms with van der Waals surface area (Å²) >= 11 is 2.48. The lowest BCUT2D eigenvalue weighted by Crippen LogP contribution is -1.87. The number of hydrogen-bond acceptors (Lipinski definition) is 1. The third-order valence-corrected chi connectivity index (χ3v) is 9.52. The van der Waals surface area contributed by atoms with Crippen LogP contribution in [0.15, 0.2) is 108 Å². The summed E-state index contributed by atoms with van der Waals surface area (Å²) < 4.78 is 11.4. The number of halogens is 1. The minimum atomic E-state index is 0.924. The van der Waals surface area contributed by atoms with Gasteiger partial charge in [-0.25, -0.2) is 0 Å². The second kappa shape index (κ2) is 6.58. The van der Waals surface area contributed by atoms with Crippen molar-refractivity contribution in [1.29, 1.82) is 0 Å². The summed E-state index contributed by atoms with van der Waals surface area (Å²) in [6.07, 6.45) is 0. The molecule has 0 N–H and O–H groups in total. The zero-order valence-corrected chi connectivity index (χ0v) is 22.2. The summed E-state index contributed by atoms with van der Waals surface area (Å²) in [5.41, 5.74) is 7.95. The van der Waals surface area contributed by atoms with E-state index < -0.39 is 0 Å². The molecule has 4 heteroatoms. The normalized spacial score (nSPS) is 12.9. The zero-order chi connectivity index (χ0) is 24.7. The molecule has 38 heavy (non-hydrogen) atoms. The Balaban J connectivity index is 1.72. The number of benzene rings is 6. The van der Waals surface area contributed by atoms with E-state index in [0.717, 1.165) is 27.5 Å². The van der Waals surface area contributed by atoms with Crippen LogP contribution >= 0.6 is 22.9 Å². The molecule has 0 amide bonds. The fraction of sp³-hybridized carbons (Fsp3) is 0. The van der Waals surface area contributed by atoms with E-state index in [2.05, 4.69) is 133 Å². The van der Waals surface area contributed by atoms with Crippen molar-refractivity contribution in [1.82, 2.24) is 7.18 Å². The number of rotatable bonds is 0. The van der Waals surface area contributed by atoms with Gasteiger partial charge in [-0.15, -0.1) is 0 Å². The SMILES string of the molecule is In1c2cc3ccccc3c3c4cccc5c6ccccc6n(c6cc7c8ccccc8oc7c1c6c32)c54. The number of aromatic nitrogens is 2. The summed E-state index contributed by atoms with van der Waals surface area (Å²) in [6, 6.07) is 37.5. The standard InChI is InChI=1S/C34H17IN2O/c35-37-27-16-18-8-1-2-9-19(18)29-23-13-7-12-22-20-10-3-5-14-25(20)36(32(22)23)26-17-24-21-11-4-6-15-28(21)38-34(24)33(37)31(26)30(27)29/h1-17H. The predicted molar refractivity (Wildman–Crippen MR) is 168 cm³/mol. The van der Waals surface area contributed by atoms with Gasteiger partial charge in [-0.05, 0) is 35.0 Å². The van der Waals surface area contributed by atoms with Crippen LogP contribution in [-0.2, 0) is 0 Å². The van der Waals surface area contributed by atoms with Crippen molar-refractivity contribution in [3.8, 4) is 0 Å². The molecular formula is C34H17IN2O. The van der Waals surface area contributed by atoms with Crippen LogP contribution in [0.3, 0.4) is 0 Å². The zero-order valence-electron chi connectivity index (χ0n) is 20.0. The van der Waals surface area contributed by atoms with Gasteiger partial charge in [-0.1, -0.05) is 78.9 Å². The number of para-hydroxylation sites is 3. The Hall–Kier alpha value is -4.29. The number of hydrogen-bond donors (Lipinski definition) is 0. The van der Waals surface area contributed by atoms with Crippen LogP contribution < -0.4 is 0 Å². The monoisotopic (exact) mass is 596 g/mol. The highest BCUT2D eigenvalue weighted by Gasteiger charge is 2.25. The van der Waals surface area contributed by atoms with Crippen molar-refractivity contribution in [2.45, 2.75) is 0 Å². The van der Waals surface area contributed by atoms with Gasteiger partial charge in [-0.3, -0.25) is 2.78 Å². The first-order valence-electron chi connectivity index (χ1n) is 12.8. The average molecular weight is 596 g/mol. The van der Waals surface area contributed by atoms with E-state index in [1.165, 1.54) is 65.2 Å². The molecule has 0 radical (unpaired) electrons. The van der Waals surface area contributed by atoms with E-state index in [1.807, 2.05) is 0 Å². The van der Waals surface area contributed by atoms with Gasteiger partial charge in [0.2, 0.25) is 0 Å². The first kappa shape index (κ1) is 19.8. The molecule has 0 spiro atoms. The number of fused-ring (bicyclic) bond motifs is 11. The quantitative estimate of drug-likeness (QED) is 0.160. The summed E-state index contributed by atoms with van der Waals surface area (Å²) in [7, 11) is 0. The number of nitrogens with zero attached hydrogens (tertiary/aromatic N) is 2. The Labute approximate surface area is 229 Å².